The number of hydrogen-bond acceptors (Lipinski definition) is 4. The van der Waals surface area contributed by atoms with E-state index < -0.39 is 5.97 Å². The van der Waals surface area contributed by atoms with Crippen LogP contribution in [0.1, 0.15) is 40.0 Å². The number of nitrogens with one attached hydrogen (secondary N) is 1. The summed E-state index contributed by atoms with van der Waals surface area (Å²) in [5.74, 6) is 0.859. The van der Waals surface area contributed by atoms with Gasteiger partial charge in [0.1, 0.15) is 11.6 Å². The fraction of sp³-hybridized carbons (Fsp3) is 0.273. The highest BCUT2D eigenvalue weighted by Crippen LogP contribution is 2.30. The Morgan fingerprint density at radius 2 is 2.07 bits per heavy atom. The lowest BCUT2D eigenvalue weighted by Gasteiger charge is -2.09. The van der Waals surface area contributed by atoms with Crippen molar-refractivity contribution in [1.29, 1.82) is 0 Å². The lowest BCUT2D eigenvalue weighted by molar-refractivity contribution is 0.0697. The van der Waals surface area contributed by atoms with E-state index in [2.05, 4.69) is 11.4 Å². The number of carbonyl (C=O) groups is 1. The highest BCUT2D eigenvalue weighted by Gasteiger charge is 2.21. The molecule has 3 aromatic rings. The maximum atomic E-state index is 11.4. The van der Waals surface area contributed by atoms with E-state index in [1.807, 2.05) is 28.9 Å². The lowest BCUT2D eigenvalue weighted by atomic mass is 10.0. The van der Waals surface area contributed by atoms with Gasteiger partial charge in [0, 0.05) is 18.5 Å². The first-order valence-corrected chi connectivity index (χ1v) is 9.47. The van der Waals surface area contributed by atoms with E-state index in [0.717, 1.165) is 54.3 Å². The zero-order chi connectivity index (χ0) is 19.5. The van der Waals surface area contributed by atoms with Gasteiger partial charge in [-0.1, -0.05) is 18.2 Å². The molecule has 144 valence electrons. The minimum atomic E-state index is -0.940. The summed E-state index contributed by atoms with van der Waals surface area (Å²) in [7, 11) is 1.67. The molecule has 6 nitrogen and oxygen atoms in total. The van der Waals surface area contributed by atoms with Crippen LogP contribution in [0.2, 0.25) is 0 Å². The molecule has 0 atom stereocenters. The molecule has 0 fully saturated rings. The number of carboxylic acids is 1. The summed E-state index contributed by atoms with van der Waals surface area (Å²) in [6.45, 7) is 0.885. The second-order valence-electron chi connectivity index (χ2n) is 6.95. The molecule has 4 rings (SSSR count). The molecule has 0 amide bonds. The van der Waals surface area contributed by atoms with Gasteiger partial charge in [-0.2, -0.15) is 5.10 Å². The van der Waals surface area contributed by atoms with Crippen LogP contribution in [0.4, 0.5) is 5.82 Å². The molecule has 0 bridgehead atoms. The molecule has 2 N–H and O–H groups in total. The van der Waals surface area contributed by atoms with Crippen LogP contribution in [0.5, 0.6) is 5.75 Å². The Kier molecular flexibility index (Phi) is 5.02. The van der Waals surface area contributed by atoms with Crippen molar-refractivity contribution in [2.75, 3.05) is 19.0 Å². The standard InChI is InChI=1S/C22H23N3O3/c1-28-18-9-4-6-15(12-18)13-20-19-10-2-3-11-23-21(19)25(24-20)17-8-5-7-16(14-17)22(26)27/h4-9,12,14,23H,2-3,10-11,13H2,1H3,(H,26,27). The summed E-state index contributed by atoms with van der Waals surface area (Å²) >= 11 is 0. The van der Waals surface area contributed by atoms with Gasteiger partial charge in [-0.3, -0.25) is 0 Å². The van der Waals surface area contributed by atoms with Crippen LogP contribution in [0.3, 0.4) is 0 Å². The third kappa shape index (κ3) is 3.58. The number of fused-ring (bicyclic) bond motifs is 1. The minimum absolute atomic E-state index is 0.254. The van der Waals surface area contributed by atoms with Crippen molar-refractivity contribution >= 4 is 11.8 Å². The number of hydrogen-bond donors (Lipinski definition) is 2. The first kappa shape index (κ1) is 18.1. The molecular formula is C22H23N3O3. The topological polar surface area (TPSA) is 76.4 Å². The molecular weight excluding hydrogens is 354 g/mol. The van der Waals surface area contributed by atoms with Crippen LogP contribution >= 0.6 is 0 Å². The monoisotopic (exact) mass is 377 g/mol. The number of anilines is 1. The van der Waals surface area contributed by atoms with Crippen LogP contribution < -0.4 is 10.1 Å². The van der Waals surface area contributed by atoms with Gasteiger partial charge in [0.15, 0.2) is 0 Å². The molecule has 28 heavy (non-hydrogen) atoms. The van der Waals surface area contributed by atoms with Gasteiger partial charge in [0.25, 0.3) is 0 Å². The van der Waals surface area contributed by atoms with Crippen molar-refractivity contribution in [3.05, 3.63) is 70.9 Å². The number of methoxy groups -OCH3 is 1. The van der Waals surface area contributed by atoms with E-state index in [1.54, 1.807) is 25.3 Å². The quantitative estimate of drug-likeness (QED) is 0.705. The van der Waals surface area contributed by atoms with Crippen LogP contribution in [0, 0.1) is 0 Å². The van der Waals surface area contributed by atoms with Crippen molar-refractivity contribution in [3.8, 4) is 11.4 Å². The Bertz CT molecular complexity index is 1010. The predicted molar refractivity (Wildman–Crippen MR) is 108 cm³/mol. The molecule has 1 aliphatic rings. The fourth-order valence-electron chi connectivity index (χ4n) is 3.65. The predicted octanol–water partition coefficient (Wildman–Crippen LogP) is 3.92. The van der Waals surface area contributed by atoms with E-state index >= 15 is 0 Å². The third-order valence-corrected chi connectivity index (χ3v) is 5.06. The van der Waals surface area contributed by atoms with Crippen molar-refractivity contribution < 1.29 is 14.6 Å². The number of rotatable bonds is 5. The number of nitrogens with zero attached hydrogens (tertiary/aromatic N) is 2. The molecule has 0 spiro atoms. The molecule has 1 aliphatic heterocycles. The minimum Gasteiger partial charge on any atom is -0.497 e. The molecule has 6 heteroatoms. The van der Waals surface area contributed by atoms with Gasteiger partial charge in [0.2, 0.25) is 0 Å². The Labute approximate surface area is 163 Å². The number of aromatic carboxylic acids is 1. The molecule has 2 aromatic carbocycles. The molecule has 0 unspecified atom stereocenters. The first-order chi connectivity index (χ1) is 13.7. The fourth-order valence-corrected chi connectivity index (χ4v) is 3.65. The van der Waals surface area contributed by atoms with Crippen molar-refractivity contribution in [1.82, 2.24) is 9.78 Å². The SMILES string of the molecule is COc1cccc(Cc2nn(-c3cccc(C(=O)O)c3)c3c2CCCCN3)c1. The Morgan fingerprint density at radius 1 is 1.21 bits per heavy atom. The Morgan fingerprint density at radius 3 is 2.89 bits per heavy atom. The van der Waals surface area contributed by atoms with E-state index in [9.17, 15) is 9.90 Å². The molecule has 2 heterocycles. The van der Waals surface area contributed by atoms with E-state index in [4.69, 9.17) is 9.84 Å². The Hall–Kier alpha value is -3.28. The molecule has 0 saturated heterocycles. The number of aromatic nitrogens is 2. The molecule has 0 aliphatic carbocycles. The summed E-state index contributed by atoms with van der Waals surface area (Å²) in [6.07, 6.45) is 3.86. The molecule has 0 radical (unpaired) electrons. The largest absolute Gasteiger partial charge is 0.497 e. The molecule has 1 aromatic heterocycles. The number of carboxylic acid groups (broad SMARTS) is 1. The zero-order valence-electron chi connectivity index (χ0n) is 15.8. The third-order valence-electron chi connectivity index (χ3n) is 5.06. The molecule has 0 saturated carbocycles. The second-order valence-corrected chi connectivity index (χ2v) is 6.95. The van der Waals surface area contributed by atoms with Gasteiger partial charge in [-0.25, -0.2) is 9.48 Å². The maximum Gasteiger partial charge on any atom is 0.335 e. The number of ether oxygens (including phenoxy) is 1. The summed E-state index contributed by atoms with van der Waals surface area (Å²) in [5.41, 5.74) is 4.36. The lowest BCUT2D eigenvalue weighted by Crippen LogP contribution is -2.08. The smallest absolute Gasteiger partial charge is 0.335 e. The van der Waals surface area contributed by atoms with Crippen molar-refractivity contribution in [2.24, 2.45) is 0 Å². The van der Waals surface area contributed by atoms with Gasteiger partial charge in [-0.15, -0.1) is 0 Å². The van der Waals surface area contributed by atoms with Crippen molar-refractivity contribution in [3.63, 3.8) is 0 Å². The van der Waals surface area contributed by atoms with E-state index in [0.29, 0.717) is 6.42 Å². The average Bonchev–Trinajstić information content (AvgIpc) is 2.89. The van der Waals surface area contributed by atoms with Crippen LogP contribution in [-0.2, 0) is 12.8 Å². The highest BCUT2D eigenvalue weighted by molar-refractivity contribution is 5.88. The summed E-state index contributed by atoms with van der Waals surface area (Å²) < 4.78 is 7.19. The van der Waals surface area contributed by atoms with Crippen LogP contribution in [0.15, 0.2) is 48.5 Å². The Balaban J connectivity index is 1.77. The van der Waals surface area contributed by atoms with Crippen molar-refractivity contribution in [2.45, 2.75) is 25.7 Å². The van der Waals surface area contributed by atoms with Gasteiger partial charge in [-0.05, 0) is 55.2 Å². The van der Waals surface area contributed by atoms with Gasteiger partial charge in [0.05, 0.1) is 24.1 Å². The normalized spacial score (nSPS) is 13.3. The van der Waals surface area contributed by atoms with Crippen LogP contribution in [-0.4, -0.2) is 34.5 Å². The van der Waals surface area contributed by atoms with Gasteiger partial charge >= 0.3 is 5.97 Å². The summed E-state index contributed by atoms with van der Waals surface area (Å²) in [6, 6.07) is 14.9. The average molecular weight is 377 g/mol. The van der Waals surface area contributed by atoms with Gasteiger partial charge < -0.3 is 15.2 Å². The van der Waals surface area contributed by atoms with E-state index in [-0.39, 0.29) is 5.56 Å². The maximum absolute atomic E-state index is 11.4. The van der Waals surface area contributed by atoms with Crippen LogP contribution in [0.25, 0.3) is 5.69 Å². The zero-order valence-corrected chi connectivity index (χ0v) is 15.8. The summed E-state index contributed by atoms with van der Waals surface area (Å²) in [4.78, 5) is 11.4. The highest BCUT2D eigenvalue weighted by atomic mass is 16.5. The summed E-state index contributed by atoms with van der Waals surface area (Å²) in [5, 5.41) is 17.7. The first-order valence-electron chi connectivity index (χ1n) is 9.47. The number of benzene rings is 2. The van der Waals surface area contributed by atoms with E-state index in [1.165, 1.54) is 5.56 Å². The second kappa shape index (κ2) is 7.76.